The lowest BCUT2D eigenvalue weighted by Gasteiger charge is -2.47. The monoisotopic (exact) mass is 395 g/mol. The van der Waals surface area contributed by atoms with Crippen LogP contribution in [0.3, 0.4) is 0 Å². The Kier molecular flexibility index (Phi) is 5.39. The molecule has 2 amide bonds. The fourth-order valence-electron chi connectivity index (χ4n) is 4.64. The van der Waals surface area contributed by atoms with E-state index in [-0.39, 0.29) is 17.2 Å². The number of rotatable bonds is 4. The molecule has 2 fully saturated rings. The largest absolute Gasteiger partial charge is 0.341 e. The van der Waals surface area contributed by atoms with E-state index in [1.165, 1.54) is 0 Å². The quantitative estimate of drug-likeness (QED) is 0.797. The van der Waals surface area contributed by atoms with E-state index in [1.54, 1.807) is 10.9 Å². The molecule has 154 valence electrons. The summed E-state index contributed by atoms with van der Waals surface area (Å²) in [6, 6.07) is 7.81. The van der Waals surface area contributed by atoms with Crippen molar-refractivity contribution in [1.82, 2.24) is 24.6 Å². The number of pyridine rings is 1. The van der Waals surface area contributed by atoms with Crippen LogP contribution in [0.5, 0.6) is 0 Å². The number of hydrogen-bond donors (Lipinski definition) is 0. The lowest BCUT2D eigenvalue weighted by atomic mass is 9.72. The number of aromatic nitrogens is 3. The van der Waals surface area contributed by atoms with Crippen molar-refractivity contribution < 1.29 is 9.59 Å². The van der Waals surface area contributed by atoms with Crippen LogP contribution in [0.4, 0.5) is 0 Å². The lowest BCUT2D eigenvalue weighted by molar-refractivity contribution is -0.143. The summed E-state index contributed by atoms with van der Waals surface area (Å²) in [4.78, 5) is 33.5. The van der Waals surface area contributed by atoms with E-state index in [2.05, 4.69) is 10.1 Å². The van der Waals surface area contributed by atoms with Crippen molar-refractivity contribution in [2.45, 2.75) is 52.6 Å². The first-order valence-corrected chi connectivity index (χ1v) is 10.4. The Hall–Kier alpha value is -2.70. The van der Waals surface area contributed by atoms with E-state index in [0.717, 1.165) is 56.0 Å². The maximum atomic E-state index is 12.8. The molecule has 7 nitrogen and oxygen atoms in total. The number of likely N-dealkylation sites (tertiary alicyclic amines) is 2. The van der Waals surface area contributed by atoms with Crippen LogP contribution in [0.2, 0.25) is 0 Å². The highest BCUT2D eigenvalue weighted by atomic mass is 16.2. The van der Waals surface area contributed by atoms with Crippen LogP contribution >= 0.6 is 0 Å². The molecule has 0 atom stereocenters. The third kappa shape index (κ3) is 4.33. The minimum absolute atomic E-state index is 0.123. The van der Waals surface area contributed by atoms with E-state index in [9.17, 15) is 9.59 Å². The highest BCUT2D eigenvalue weighted by Gasteiger charge is 2.41. The van der Waals surface area contributed by atoms with Crippen molar-refractivity contribution >= 4 is 11.8 Å². The Labute approximate surface area is 171 Å². The molecule has 0 N–H and O–H groups in total. The van der Waals surface area contributed by atoms with Gasteiger partial charge < -0.3 is 9.80 Å². The van der Waals surface area contributed by atoms with Gasteiger partial charge in [0, 0.05) is 37.9 Å². The van der Waals surface area contributed by atoms with Gasteiger partial charge in [0.15, 0.2) is 0 Å². The molecule has 0 saturated carbocycles. The zero-order chi connectivity index (χ0) is 20.4. The van der Waals surface area contributed by atoms with Crippen LogP contribution in [0.15, 0.2) is 30.5 Å². The highest BCUT2D eigenvalue weighted by Crippen LogP contribution is 2.40. The van der Waals surface area contributed by atoms with Crippen LogP contribution in [-0.2, 0) is 22.7 Å². The molecular formula is C22H29N5O2. The first kappa shape index (κ1) is 19.6. The number of nitrogens with zero attached hydrogens (tertiary/aromatic N) is 5. The SMILES string of the molecule is Cc1cc(C)n(CC(=O)N2CCC3(CCC(=O)N(Cc4ccccn4)C3)CC2)n1. The molecule has 0 bridgehead atoms. The van der Waals surface area contributed by atoms with Crippen molar-refractivity contribution in [2.24, 2.45) is 5.41 Å². The topological polar surface area (TPSA) is 71.3 Å². The molecule has 2 aliphatic heterocycles. The van der Waals surface area contributed by atoms with Crippen molar-refractivity contribution in [3.05, 3.63) is 47.5 Å². The second kappa shape index (κ2) is 7.97. The normalized spacial score (nSPS) is 19.0. The minimum atomic E-state index is 0.123. The molecule has 29 heavy (non-hydrogen) atoms. The number of carbonyl (C=O) groups is 2. The zero-order valence-electron chi connectivity index (χ0n) is 17.3. The minimum Gasteiger partial charge on any atom is -0.341 e. The first-order chi connectivity index (χ1) is 13.9. The maximum Gasteiger partial charge on any atom is 0.244 e. The van der Waals surface area contributed by atoms with Crippen LogP contribution in [-0.4, -0.2) is 56.0 Å². The predicted molar refractivity (Wildman–Crippen MR) is 109 cm³/mol. The van der Waals surface area contributed by atoms with E-state index >= 15 is 0 Å². The molecule has 4 heterocycles. The number of hydrogen-bond acceptors (Lipinski definition) is 4. The molecule has 1 spiro atoms. The molecule has 0 aliphatic carbocycles. The van der Waals surface area contributed by atoms with Crippen LogP contribution < -0.4 is 0 Å². The summed E-state index contributed by atoms with van der Waals surface area (Å²) in [6.45, 7) is 7.07. The summed E-state index contributed by atoms with van der Waals surface area (Å²) < 4.78 is 1.79. The van der Waals surface area contributed by atoms with Gasteiger partial charge in [-0.15, -0.1) is 0 Å². The first-order valence-electron chi connectivity index (χ1n) is 10.4. The summed E-state index contributed by atoms with van der Waals surface area (Å²) in [5.74, 6) is 0.340. The van der Waals surface area contributed by atoms with Gasteiger partial charge in [0.25, 0.3) is 0 Å². The van der Waals surface area contributed by atoms with Crippen molar-refractivity contribution in [3.63, 3.8) is 0 Å². The standard InChI is InChI=1S/C22H29N5O2/c1-17-13-18(2)27(24-17)15-21(29)25-11-8-22(9-12-25)7-6-20(28)26(16-22)14-19-5-3-4-10-23-19/h3-5,10,13H,6-9,11-12,14-16H2,1-2H3. The fraction of sp³-hybridized carbons (Fsp3) is 0.545. The Morgan fingerprint density at radius 3 is 2.62 bits per heavy atom. The van der Waals surface area contributed by atoms with Crippen molar-refractivity contribution in [1.29, 1.82) is 0 Å². The van der Waals surface area contributed by atoms with E-state index < -0.39 is 0 Å². The number of carbonyl (C=O) groups excluding carboxylic acids is 2. The Bertz CT molecular complexity index is 884. The maximum absolute atomic E-state index is 12.8. The summed E-state index contributed by atoms with van der Waals surface area (Å²) >= 11 is 0. The third-order valence-electron chi connectivity index (χ3n) is 6.39. The van der Waals surface area contributed by atoms with Gasteiger partial charge in [-0.25, -0.2) is 0 Å². The molecule has 0 radical (unpaired) electrons. The number of aryl methyl sites for hydroxylation is 2. The molecule has 2 saturated heterocycles. The van der Waals surface area contributed by atoms with Crippen molar-refractivity contribution in [2.75, 3.05) is 19.6 Å². The van der Waals surface area contributed by atoms with Gasteiger partial charge in [-0.05, 0) is 56.7 Å². The van der Waals surface area contributed by atoms with Gasteiger partial charge in [-0.2, -0.15) is 5.10 Å². The van der Waals surface area contributed by atoms with E-state index in [0.29, 0.717) is 19.5 Å². The molecule has 0 aromatic carbocycles. The summed E-state index contributed by atoms with van der Waals surface area (Å²) in [5, 5.41) is 4.41. The second-order valence-electron chi connectivity index (χ2n) is 8.54. The summed E-state index contributed by atoms with van der Waals surface area (Å²) in [6.07, 6.45) is 5.17. The Balaban J connectivity index is 1.35. The van der Waals surface area contributed by atoms with Gasteiger partial charge in [0.2, 0.25) is 11.8 Å². The van der Waals surface area contributed by atoms with E-state index in [4.69, 9.17) is 0 Å². The second-order valence-corrected chi connectivity index (χ2v) is 8.54. The number of piperidine rings is 2. The van der Waals surface area contributed by atoms with E-state index in [1.807, 2.05) is 47.9 Å². The Morgan fingerprint density at radius 2 is 1.97 bits per heavy atom. The lowest BCUT2D eigenvalue weighted by Crippen LogP contribution is -2.52. The predicted octanol–water partition coefficient (Wildman–Crippen LogP) is 2.33. The van der Waals surface area contributed by atoms with Crippen LogP contribution in [0.1, 0.15) is 42.8 Å². The number of amides is 2. The van der Waals surface area contributed by atoms with Gasteiger partial charge >= 0.3 is 0 Å². The van der Waals surface area contributed by atoms with Crippen LogP contribution in [0.25, 0.3) is 0 Å². The molecule has 7 heteroatoms. The van der Waals surface area contributed by atoms with Gasteiger partial charge in [0.05, 0.1) is 17.9 Å². The molecule has 0 unspecified atom stereocenters. The van der Waals surface area contributed by atoms with Crippen LogP contribution in [0, 0.1) is 19.3 Å². The summed E-state index contributed by atoms with van der Waals surface area (Å²) in [5.41, 5.74) is 3.00. The van der Waals surface area contributed by atoms with Gasteiger partial charge in [-0.3, -0.25) is 19.3 Å². The molecule has 2 aromatic rings. The smallest absolute Gasteiger partial charge is 0.244 e. The van der Waals surface area contributed by atoms with Gasteiger partial charge in [-0.1, -0.05) is 6.07 Å². The molecular weight excluding hydrogens is 366 g/mol. The Morgan fingerprint density at radius 1 is 1.17 bits per heavy atom. The average molecular weight is 396 g/mol. The fourth-order valence-corrected chi connectivity index (χ4v) is 4.64. The van der Waals surface area contributed by atoms with Gasteiger partial charge in [0.1, 0.15) is 6.54 Å². The van der Waals surface area contributed by atoms with Crippen molar-refractivity contribution in [3.8, 4) is 0 Å². The molecule has 4 rings (SSSR count). The zero-order valence-corrected chi connectivity index (χ0v) is 17.3. The average Bonchev–Trinajstić information content (AvgIpc) is 3.03. The third-order valence-corrected chi connectivity index (χ3v) is 6.39. The molecule has 2 aliphatic rings. The molecule has 2 aromatic heterocycles. The summed E-state index contributed by atoms with van der Waals surface area (Å²) in [7, 11) is 0. The highest BCUT2D eigenvalue weighted by molar-refractivity contribution is 5.77.